The smallest absolute Gasteiger partial charge is 0.339 e. The van der Waals surface area contributed by atoms with E-state index in [0.717, 1.165) is 12.8 Å². The van der Waals surface area contributed by atoms with Crippen molar-refractivity contribution in [2.45, 2.75) is 12.8 Å². The quantitative estimate of drug-likeness (QED) is 0.768. The second-order valence-corrected chi connectivity index (χ2v) is 5.18. The van der Waals surface area contributed by atoms with E-state index < -0.39 is 11.4 Å². The lowest BCUT2D eigenvalue weighted by molar-refractivity contribution is -0.120. The summed E-state index contributed by atoms with van der Waals surface area (Å²) in [5, 5.41) is 11.9. The Kier molecular flexibility index (Phi) is 3.87. The van der Waals surface area contributed by atoms with Crippen LogP contribution < -0.4 is 15.8 Å². The molecule has 0 saturated heterocycles. The van der Waals surface area contributed by atoms with Crippen LogP contribution in [0, 0.1) is 5.41 Å². The van der Waals surface area contributed by atoms with E-state index in [1.54, 1.807) is 0 Å². The zero-order chi connectivity index (χ0) is 14.9. The van der Waals surface area contributed by atoms with Gasteiger partial charge in [0, 0.05) is 12.6 Å². The van der Waals surface area contributed by atoms with Crippen molar-refractivity contribution in [1.82, 2.24) is 0 Å². The summed E-state index contributed by atoms with van der Waals surface area (Å²) in [5.41, 5.74) is 5.33. The van der Waals surface area contributed by atoms with E-state index in [9.17, 15) is 9.59 Å². The number of carbonyl (C=O) groups is 2. The summed E-state index contributed by atoms with van der Waals surface area (Å²) < 4.78 is 5.00. The average Bonchev–Trinajstić information content (AvgIpc) is 3.21. The molecule has 1 saturated carbocycles. The molecule has 1 aromatic carbocycles. The summed E-state index contributed by atoms with van der Waals surface area (Å²) in [5.74, 6) is -1.22. The summed E-state index contributed by atoms with van der Waals surface area (Å²) in [6, 6.07) is 2.65. The van der Waals surface area contributed by atoms with E-state index >= 15 is 0 Å². The highest BCUT2D eigenvalue weighted by atomic mass is 35.5. The van der Waals surface area contributed by atoms with Crippen LogP contribution in [0.15, 0.2) is 12.1 Å². The van der Waals surface area contributed by atoms with Gasteiger partial charge in [0.05, 0.1) is 23.2 Å². The summed E-state index contributed by atoms with van der Waals surface area (Å²) in [7, 11) is 1.35. The molecular weight excluding hydrogens is 284 g/mol. The van der Waals surface area contributed by atoms with Crippen LogP contribution in [0.4, 0.5) is 5.69 Å². The third-order valence-electron chi connectivity index (χ3n) is 3.49. The van der Waals surface area contributed by atoms with Crippen LogP contribution in [0.25, 0.3) is 0 Å². The number of benzene rings is 1. The fraction of sp³-hybridized carbons (Fsp3) is 0.385. The minimum Gasteiger partial charge on any atom is -0.496 e. The average molecular weight is 299 g/mol. The number of halogens is 1. The number of nitrogens with one attached hydrogen (secondary N) is 1. The summed E-state index contributed by atoms with van der Waals surface area (Å²) in [4.78, 5) is 23.1. The summed E-state index contributed by atoms with van der Waals surface area (Å²) in [6.07, 6.45) is 1.49. The van der Waals surface area contributed by atoms with Crippen molar-refractivity contribution < 1.29 is 19.4 Å². The van der Waals surface area contributed by atoms with Gasteiger partial charge < -0.3 is 20.9 Å². The maximum Gasteiger partial charge on any atom is 0.339 e. The first-order chi connectivity index (χ1) is 9.43. The molecule has 1 aliphatic rings. The molecule has 6 nitrogen and oxygen atoms in total. The fourth-order valence-corrected chi connectivity index (χ4v) is 2.13. The maximum absolute atomic E-state index is 12.1. The number of carboxylic acid groups (broad SMARTS) is 1. The van der Waals surface area contributed by atoms with Crippen LogP contribution in [0.3, 0.4) is 0 Å². The lowest BCUT2D eigenvalue weighted by Gasteiger charge is -2.15. The first kappa shape index (κ1) is 14.6. The predicted octanol–water partition coefficient (Wildman–Crippen LogP) is 1.72. The zero-order valence-electron chi connectivity index (χ0n) is 10.9. The molecule has 0 heterocycles. The number of amides is 1. The van der Waals surface area contributed by atoms with Crippen LogP contribution in [-0.4, -0.2) is 30.6 Å². The molecule has 108 valence electrons. The Hall–Kier alpha value is -1.79. The molecule has 0 aliphatic heterocycles. The number of carbonyl (C=O) groups excluding carboxylic acids is 1. The van der Waals surface area contributed by atoms with Crippen LogP contribution in [0.5, 0.6) is 5.75 Å². The zero-order valence-corrected chi connectivity index (χ0v) is 11.7. The van der Waals surface area contributed by atoms with Gasteiger partial charge in [-0.1, -0.05) is 11.6 Å². The van der Waals surface area contributed by atoms with Gasteiger partial charge in [0.2, 0.25) is 5.91 Å². The molecule has 4 N–H and O–H groups in total. The molecular formula is C13H15ClN2O4. The van der Waals surface area contributed by atoms with Gasteiger partial charge in [0.1, 0.15) is 11.3 Å². The molecule has 1 aliphatic carbocycles. The minimum atomic E-state index is -1.15. The normalized spacial score (nSPS) is 15.6. The Labute approximate surface area is 120 Å². The lowest BCUT2D eigenvalue weighted by Crippen LogP contribution is -2.31. The largest absolute Gasteiger partial charge is 0.496 e. The van der Waals surface area contributed by atoms with E-state index in [0.29, 0.717) is 5.69 Å². The Morgan fingerprint density at radius 2 is 2.15 bits per heavy atom. The first-order valence-electron chi connectivity index (χ1n) is 6.06. The van der Waals surface area contributed by atoms with Crippen LogP contribution in [-0.2, 0) is 4.79 Å². The fourth-order valence-electron chi connectivity index (χ4n) is 1.91. The van der Waals surface area contributed by atoms with Crippen LogP contribution >= 0.6 is 11.6 Å². The standard InChI is InChI=1S/C13H15ClN2O4/c1-20-10-5-9(8(14)4-7(10)11(17)18)16-12(19)13(6-15)2-3-13/h4-5H,2-3,6,15H2,1H3,(H,16,19)(H,17,18). The van der Waals surface area contributed by atoms with E-state index in [1.165, 1.54) is 19.2 Å². The van der Waals surface area contributed by atoms with E-state index in [4.69, 9.17) is 27.2 Å². The maximum atomic E-state index is 12.1. The first-order valence-corrected chi connectivity index (χ1v) is 6.43. The molecule has 0 radical (unpaired) electrons. The van der Waals surface area contributed by atoms with Gasteiger partial charge in [-0.25, -0.2) is 4.79 Å². The van der Waals surface area contributed by atoms with Gasteiger partial charge in [-0.05, 0) is 18.9 Å². The van der Waals surface area contributed by atoms with Crippen molar-refractivity contribution in [3.63, 3.8) is 0 Å². The highest BCUT2D eigenvalue weighted by Crippen LogP contribution is 2.46. The second-order valence-electron chi connectivity index (χ2n) is 4.78. The third kappa shape index (κ3) is 2.57. The van der Waals surface area contributed by atoms with Crippen LogP contribution in [0.2, 0.25) is 5.02 Å². The van der Waals surface area contributed by atoms with Gasteiger partial charge in [0.15, 0.2) is 0 Å². The van der Waals surface area contributed by atoms with E-state index in [-0.39, 0.29) is 28.8 Å². The third-order valence-corrected chi connectivity index (χ3v) is 3.81. The van der Waals surface area contributed by atoms with E-state index in [2.05, 4.69) is 5.32 Å². The molecule has 0 bridgehead atoms. The van der Waals surface area contributed by atoms with Gasteiger partial charge in [-0.2, -0.15) is 0 Å². The molecule has 0 aromatic heterocycles. The van der Waals surface area contributed by atoms with E-state index in [1.807, 2.05) is 0 Å². The van der Waals surface area contributed by atoms with Crippen molar-refractivity contribution in [2.75, 3.05) is 19.0 Å². The molecule has 0 spiro atoms. The van der Waals surface area contributed by atoms with Gasteiger partial charge >= 0.3 is 5.97 Å². The molecule has 0 unspecified atom stereocenters. The summed E-state index contributed by atoms with van der Waals surface area (Å²) >= 11 is 6.00. The highest BCUT2D eigenvalue weighted by molar-refractivity contribution is 6.34. The molecule has 1 amide bonds. The number of anilines is 1. The minimum absolute atomic E-state index is 0.0598. The van der Waals surface area contributed by atoms with Crippen molar-refractivity contribution in [1.29, 1.82) is 0 Å². The Morgan fingerprint density at radius 1 is 1.50 bits per heavy atom. The number of hydrogen-bond acceptors (Lipinski definition) is 4. The Bertz CT molecular complexity index is 570. The predicted molar refractivity (Wildman–Crippen MR) is 74.3 cm³/mol. The molecule has 1 aromatic rings. The van der Waals surface area contributed by atoms with Gasteiger partial charge in [-0.15, -0.1) is 0 Å². The molecule has 2 rings (SSSR count). The van der Waals surface area contributed by atoms with Gasteiger partial charge in [0.25, 0.3) is 0 Å². The number of methoxy groups -OCH3 is 1. The number of rotatable bonds is 5. The lowest BCUT2D eigenvalue weighted by atomic mass is 10.1. The highest BCUT2D eigenvalue weighted by Gasteiger charge is 2.48. The number of aromatic carboxylic acids is 1. The monoisotopic (exact) mass is 298 g/mol. The topological polar surface area (TPSA) is 102 Å². The number of ether oxygens (including phenoxy) is 1. The SMILES string of the molecule is COc1cc(NC(=O)C2(CN)CC2)c(Cl)cc1C(=O)O. The van der Waals surface area contributed by atoms with Crippen molar-refractivity contribution in [3.05, 3.63) is 22.7 Å². The molecule has 20 heavy (non-hydrogen) atoms. The van der Waals surface area contributed by atoms with Crippen LogP contribution in [0.1, 0.15) is 23.2 Å². The molecule has 1 fully saturated rings. The van der Waals surface area contributed by atoms with Crippen molar-refractivity contribution in [2.24, 2.45) is 11.1 Å². The number of carboxylic acids is 1. The second kappa shape index (κ2) is 5.30. The van der Waals surface area contributed by atoms with Crippen molar-refractivity contribution >= 4 is 29.2 Å². The number of hydrogen-bond donors (Lipinski definition) is 3. The summed E-state index contributed by atoms with van der Waals surface area (Å²) in [6.45, 7) is 0.279. The molecule has 0 atom stereocenters. The van der Waals surface area contributed by atoms with Gasteiger partial charge in [-0.3, -0.25) is 4.79 Å². The molecule has 7 heteroatoms. The Balaban J connectivity index is 2.29. The van der Waals surface area contributed by atoms with Crippen molar-refractivity contribution in [3.8, 4) is 5.75 Å². The Morgan fingerprint density at radius 3 is 2.60 bits per heavy atom. The number of nitrogens with two attached hydrogens (primary N) is 1.